The molecular weight excluding hydrogens is 260 g/mol. The van der Waals surface area contributed by atoms with E-state index in [1.165, 1.54) is 58.4 Å². The van der Waals surface area contributed by atoms with E-state index in [1.807, 2.05) is 0 Å². The van der Waals surface area contributed by atoms with E-state index in [1.54, 1.807) is 0 Å². The maximum atomic E-state index is 6.26. The van der Waals surface area contributed by atoms with E-state index in [2.05, 4.69) is 42.6 Å². The molecule has 1 unspecified atom stereocenters. The Hall–Kier alpha value is -0.160. The second-order valence-corrected chi connectivity index (χ2v) is 8.25. The van der Waals surface area contributed by atoms with Crippen LogP contribution >= 0.6 is 0 Å². The van der Waals surface area contributed by atoms with Gasteiger partial charge in [0, 0.05) is 51.4 Å². The number of piperazine rings is 1. The third kappa shape index (κ3) is 4.41. The molecule has 4 nitrogen and oxygen atoms in total. The first-order chi connectivity index (χ1) is 9.87. The van der Waals surface area contributed by atoms with Crippen molar-refractivity contribution in [2.45, 2.75) is 45.1 Å². The van der Waals surface area contributed by atoms with Crippen molar-refractivity contribution < 1.29 is 0 Å². The third-order valence-electron chi connectivity index (χ3n) is 5.59. The Morgan fingerprint density at radius 1 is 1.05 bits per heavy atom. The van der Waals surface area contributed by atoms with E-state index in [4.69, 9.17) is 5.73 Å². The van der Waals surface area contributed by atoms with Gasteiger partial charge in [-0.2, -0.15) is 0 Å². The predicted molar refractivity (Wildman–Crippen MR) is 90.6 cm³/mol. The van der Waals surface area contributed by atoms with Crippen LogP contribution in [-0.2, 0) is 0 Å². The fourth-order valence-corrected chi connectivity index (χ4v) is 4.32. The summed E-state index contributed by atoms with van der Waals surface area (Å²) in [6, 6.07) is 0. The number of rotatable bonds is 5. The van der Waals surface area contributed by atoms with Gasteiger partial charge in [-0.15, -0.1) is 0 Å². The summed E-state index contributed by atoms with van der Waals surface area (Å²) in [4.78, 5) is 7.60. The summed E-state index contributed by atoms with van der Waals surface area (Å²) < 4.78 is 0. The Morgan fingerprint density at radius 2 is 1.71 bits per heavy atom. The Morgan fingerprint density at radius 3 is 2.24 bits per heavy atom. The summed E-state index contributed by atoms with van der Waals surface area (Å²) in [5, 5.41) is 0. The molecule has 0 spiro atoms. The average molecular weight is 297 g/mol. The lowest BCUT2D eigenvalue weighted by Crippen LogP contribution is -2.62. The van der Waals surface area contributed by atoms with Crippen molar-refractivity contribution in [2.75, 3.05) is 59.9 Å². The van der Waals surface area contributed by atoms with Gasteiger partial charge in [0.15, 0.2) is 0 Å². The molecule has 0 aromatic heterocycles. The van der Waals surface area contributed by atoms with Gasteiger partial charge in [-0.3, -0.25) is 9.80 Å². The van der Waals surface area contributed by atoms with E-state index in [0.29, 0.717) is 5.41 Å². The summed E-state index contributed by atoms with van der Waals surface area (Å²) in [6.07, 6.45) is 5.27. The Bertz CT molecular complexity index is 321. The fourth-order valence-electron chi connectivity index (χ4n) is 4.32. The molecule has 0 radical (unpaired) electrons. The maximum Gasteiger partial charge on any atom is 0.0337 e. The first-order valence-corrected chi connectivity index (χ1v) is 8.69. The van der Waals surface area contributed by atoms with Crippen LogP contribution in [0.2, 0.25) is 0 Å². The minimum Gasteiger partial charge on any atom is -0.329 e. The lowest BCUT2D eigenvalue weighted by atomic mass is 9.67. The van der Waals surface area contributed by atoms with Gasteiger partial charge >= 0.3 is 0 Å². The smallest absolute Gasteiger partial charge is 0.0337 e. The molecule has 2 rings (SSSR count). The van der Waals surface area contributed by atoms with E-state index in [9.17, 15) is 0 Å². The van der Waals surface area contributed by atoms with Crippen LogP contribution in [-0.4, -0.2) is 80.1 Å². The van der Waals surface area contributed by atoms with Crippen molar-refractivity contribution in [3.05, 3.63) is 0 Å². The molecule has 0 amide bonds. The number of likely N-dealkylation sites (N-methyl/N-ethyl adjacent to an activating group) is 1. The molecule has 0 aromatic carbocycles. The SMILES string of the molecule is CN(C)CCN1CCN(C2(CN)CCCC(C)(C)C2)CC1. The predicted octanol–water partition coefficient (Wildman–Crippen LogP) is 1.46. The highest BCUT2D eigenvalue weighted by Crippen LogP contribution is 2.43. The van der Waals surface area contributed by atoms with Crippen molar-refractivity contribution in [1.82, 2.24) is 14.7 Å². The third-order valence-corrected chi connectivity index (χ3v) is 5.59. The highest BCUT2D eigenvalue weighted by atomic mass is 15.3. The number of hydrogen-bond donors (Lipinski definition) is 1. The Balaban J connectivity index is 1.90. The fraction of sp³-hybridized carbons (Fsp3) is 1.00. The first kappa shape index (κ1) is 17.2. The molecule has 0 aromatic rings. The van der Waals surface area contributed by atoms with Crippen LogP contribution < -0.4 is 5.73 Å². The highest BCUT2D eigenvalue weighted by Gasteiger charge is 2.43. The quantitative estimate of drug-likeness (QED) is 0.833. The molecule has 1 aliphatic heterocycles. The van der Waals surface area contributed by atoms with E-state index >= 15 is 0 Å². The van der Waals surface area contributed by atoms with Crippen LogP contribution in [0.5, 0.6) is 0 Å². The van der Waals surface area contributed by atoms with Gasteiger partial charge in [0.2, 0.25) is 0 Å². The van der Waals surface area contributed by atoms with E-state index < -0.39 is 0 Å². The highest BCUT2D eigenvalue weighted by molar-refractivity contribution is 5.00. The zero-order valence-corrected chi connectivity index (χ0v) is 14.7. The molecule has 1 heterocycles. The van der Waals surface area contributed by atoms with Gasteiger partial charge < -0.3 is 10.6 Å². The normalized spacial score (nSPS) is 31.7. The second-order valence-electron chi connectivity index (χ2n) is 8.25. The molecule has 21 heavy (non-hydrogen) atoms. The summed E-state index contributed by atoms with van der Waals surface area (Å²) in [5.41, 5.74) is 6.99. The van der Waals surface area contributed by atoms with E-state index in [-0.39, 0.29) is 5.54 Å². The molecule has 4 heteroatoms. The van der Waals surface area contributed by atoms with Gasteiger partial charge in [0.25, 0.3) is 0 Å². The molecule has 1 aliphatic carbocycles. The molecule has 1 saturated carbocycles. The topological polar surface area (TPSA) is 35.7 Å². The van der Waals surface area contributed by atoms with Crippen LogP contribution in [0.1, 0.15) is 39.5 Å². The minimum atomic E-state index is 0.273. The summed E-state index contributed by atoms with van der Waals surface area (Å²) in [6.45, 7) is 12.8. The Labute approximate surface area is 131 Å². The van der Waals surface area contributed by atoms with Crippen molar-refractivity contribution in [1.29, 1.82) is 0 Å². The lowest BCUT2D eigenvalue weighted by molar-refractivity contribution is -0.0197. The van der Waals surface area contributed by atoms with Crippen molar-refractivity contribution in [2.24, 2.45) is 11.1 Å². The van der Waals surface area contributed by atoms with Crippen molar-refractivity contribution in [3.63, 3.8) is 0 Å². The summed E-state index contributed by atoms with van der Waals surface area (Å²) in [5.74, 6) is 0. The molecule has 1 atom stereocenters. The maximum absolute atomic E-state index is 6.26. The van der Waals surface area contributed by atoms with Gasteiger partial charge in [0.1, 0.15) is 0 Å². The molecule has 2 N–H and O–H groups in total. The summed E-state index contributed by atoms with van der Waals surface area (Å²) >= 11 is 0. The number of nitrogens with two attached hydrogens (primary N) is 1. The standard InChI is InChI=1S/C17H36N4/c1-16(2)6-5-7-17(14-16,15-18)21-12-10-20(11-13-21)9-8-19(3)4/h5-15,18H2,1-4H3. The minimum absolute atomic E-state index is 0.273. The largest absolute Gasteiger partial charge is 0.329 e. The van der Waals surface area contributed by atoms with Gasteiger partial charge in [0.05, 0.1) is 0 Å². The van der Waals surface area contributed by atoms with Crippen LogP contribution in [0.25, 0.3) is 0 Å². The van der Waals surface area contributed by atoms with Crippen LogP contribution in [0.4, 0.5) is 0 Å². The monoisotopic (exact) mass is 296 g/mol. The Kier molecular flexibility index (Phi) is 5.69. The van der Waals surface area contributed by atoms with Crippen molar-refractivity contribution >= 4 is 0 Å². The number of hydrogen-bond acceptors (Lipinski definition) is 4. The van der Waals surface area contributed by atoms with E-state index in [0.717, 1.165) is 13.1 Å². The van der Waals surface area contributed by atoms with Crippen LogP contribution in [0.15, 0.2) is 0 Å². The molecular formula is C17H36N4. The van der Waals surface area contributed by atoms with Gasteiger partial charge in [-0.25, -0.2) is 0 Å². The van der Waals surface area contributed by atoms with Crippen LogP contribution in [0.3, 0.4) is 0 Å². The van der Waals surface area contributed by atoms with Gasteiger partial charge in [-0.05, 0) is 38.8 Å². The molecule has 2 fully saturated rings. The molecule has 0 bridgehead atoms. The molecule has 2 aliphatic rings. The second kappa shape index (κ2) is 6.95. The lowest BCUT2D eigenvalue weighted by Gasteiger charge is -2.53. The van der Waals surface area contributed by atoms with Gasteiger partial charge in [-0.1, -0.05) is 20.3 Å². The zero-order chi connectivity index (χ0) is 15.5. The number of nitrogens with zero attached hydrogens (tertiary/aromatic N) is 3. The first-order valence-electron chi connectivity index (χ1n) is 8.69. The average Bonchev–Trinajstić information content (AvgIpc) is 2.44. The zero-order valence-electron chi connectivity index (χ0n) is 14.7. The van der Waals surface area contributed by atoms with Crippen molar-refractivity contribution in [3.8, 4) is 0 Å². The molecule has 1 saturated heterocycles. The summed E-state index contributed by atoms with van der Waals surface area (Å²) in [7, 11) is 4.31. The van der Waals surface area contributed by atoms with Crippen LogP contribution in [0, 0.1) is 5.41 Å². The molecule has 124 valence electrons.